The van der Waals surface area contributed by atoms with E-state index in [-0.39, 0.29) is 0 Å². The fraction of sp³-hybridized carbons (Fsp3) is 0.118. The second kappa shape index (κ2) is 6.63. The first-order valence-corrected chi connectivity index (χ1v) is 10.2. The van der Waals surface area contributed by atoms with E-state index in [0.717, 1.165) is 27.0 Å². The van der Waals surface area contributed by atoms with E-state index >= 15 is 0 Å². The fourth-order valence-corrected chi connectivity index (χ4v) is 3.93. The summed E-state index contributed by atoms with van der Waals surface area (Å²) in [4.78, 5) is 9.10. The minimum Gasteiger partial charge on any atom is -0.341 e. The van der Waals surface area contributed by atoms with E-state index in [2.05, 4.69) is 9.97 Å². The number of aromatic nitrogens is 2. The summed E-state index contributed by atoms with van der Waals surface area (Å²) in [6, 6.07) is 14.3. The van der Waals surface area contributed by atoms with Crippen molar-refractivity contribution < 1.29 is 8.42 Å². The lowest BCUT2D eigenvalue weighted by atomic mass is 10.2. The highest BCUT2D eigenvalue weighted by Gasteiger charge is 2.13. The van der Waals surface area contributed by atoms with Gasteiger partial charge >= 0.3 is 0 Å². The Morgan fingerprint density at radius 1 is 1.04 bits per heavy atom. The molecule has 0 saturated heterocycles. The van der Waals surface area contributed by atoms with Gasteiger partial charge in [0.2, 0.25) is 0 Å². The smallest absolute Gasteiger partial charge is 0.175 e. The van der Waals surface area contributed by atoms with E-state index in [0.29, 0.717) is 9.92 Å². The molecular weight excluding hydrogens is 364 g/mol. The average molecular weight is 379 g/mol. The average Bonchev–Trinajstić information content (AvgIpc) is 2.89. The standard InChI is InChI=1S/C17H15ClN2O2S2/c1-11-19-16(12-3-9-15(10-4-12)24(2,21)22)17(20-11)23-14-7-5-13(18)6-8-14/h3-10H,1-2H3,(H,19,20). The summed E-state index contributed by atoms with van der Waals surface area (Å²) in [5, 5.41) is 1.52. The lowest BCUT2D eigenvalue weighted by Gasteiger charge is -2.04. The Morgan fingerprint density at radius 3 is 2.25 bits per heavy atom. The summed E-state index contributed by atoms with van der Waals surface area (Å²) in [5.74, 6) is 0.800. The molecule has 0 amide bonds. The molecule has 0 saturated carbocycles. The second-order valence-electron chi connectivity index (χ2n) is 5.35. The van der Waals surface area contributed by atoms with Gasteiger partial charge < -0.3 is 4.98 Å². The van der Waals surface area contributed by atoms with E-state index in [1.54, 1.807) is 24.3 Å². The number of aryl methyl sites for hydroxylation is 1. The highest BCUT2D eigenvalue weighted by Crippen LogP contribution is 2.35. The topological polar surface area (TPSA) is 62.8 Å². The van der Waals surface area contributed by atoms with Gasteiger partial charge in [-0.1, -0.05) is 35.5 Å². The van der Waals surface area contributed by atoms with Gasteiger partial charge in [0.05, 0.1) is 10.6 Å². The number of H-pyrrole nitrogens is 1. The Hall–Kier alpha value is -1.76. The van der Waals surface area contributed by atoms with E-state index in [1.165, 1.54) is 18.0 Å². The first-order valence-electron chi connectivity index (χ1n) is 7.13. The Balaban J connectivity index is 1.95. The first-order chi connectivity index (χ1) is 11.3. The maximum atomic E-state index is 11.6. The minimum absolute atomic E-state index is 0.300. The van der Waals surface area contributed by atoms with Crippen molar-refractivity contribution >= 4 is 33.2 Å². The van der Waals surface area contributed by atoms with Crippen molar-refractivity contribution in [3.8, 4) is 11.3 Å². The van der Waals surface area contributed by atoms with Crippen molar-refractivity contribution in [1.29, 1.82) is 0 Å². The van der Waals surface area contributed by atoms with Crippen LogP contribution in [0.1, 0.15) is 5.82 Å². The van der Waals surface area contributed by atoms with E-state index in [9.17, 15) is 8.42 Å². The van der Waals surface area contributed by atoms with Crippen LogP contribution in [0.15, 0.2) is 63.3 Å². The zero-order valence-electron chi connectivity index (χ0n) is 13.1. The molecule has 124 valence electrons. The number of hydrogen-bond donors (Lipinski definition) is 1. The molecule has 24 heavy (non-hydrogen) atoms. The zero-order valence-corrected chi connectivity index (χ0v) is 15.5. The molecule has 0 aliphatic carbocycles. The number of hydrogen-bond acceptors (Lipinski definition) is 4. The quantitative estimate of drug-likeness (QED) is 0.721. The number of aromatic amines is 1. The van der Waals surface area contributed by atoms with Crippen LogP contribution in [0.4, 0.5) is 0 Å². The number of rotatable bonds is 4. The van der Waals surface area contributed by atoms with Crippen molar-refractivity contribution in [3.63, 3.8) is 0 Å². The molecule has 0 aliphatic heterocycles. The minimum atomic E-state index is -3.20. The molecule has 0 unspecified atom stereocenters. The van der Waals surface area contributed by atoms with Gasteiger partial charge in [-0.2, -0.15) is 0 Å². The third kappa shape index (κ3) is 3.83. The molecule has 7 heteroatoms. The largest absolute Gasteiger partial charge is 0.341 e. The normalized spacial score (nSPS) is 11.6. The van der Waals surface area contributed by atoms with Crippen LogP contribution in [0, 0.1) is 6.92 Å². The van der Waals surface area contributed by atoms with E-state index in [1.807, 2.05) is 31.2 Å². The number of benzene rings is 2. The van der Waals surface area contributed by atoms with Gasteiger partial charge in [0.25, 0.3) is 0 Å². The molecule has 0 spiro atoms. The van der Waals surface area contributed by atoms with Crippen LogP contribution < -0.4 is 0 Å². The lowest BCUT2D eigenvalue weighted by molar-refractivity contribution is 0.602. The molecular formula is C17H15ClN2O2S2. The van der Waals surface area contributed by atoms with Gasteiger partial charge in [-0.05, 0) is 43.3 Å². The van der Waals surface area contributed by atoms with Crippen LogP contribution >= 0.6 is 23.4 Å². The maximum absolute atomic E-state index is 11.6. The molecule has 1 heterocycles. The second-order valence-corrected chi connectivity index (χ2v) is 8.87. The van der Waals surface area contributed by atoms with Gasteiger partial charge in [-0.25, -0.2) is 13.4 Å². The molecule has 3 aromatic rings. The summed E-state index contributed by atoms with van der Waals surface area (Å²) < 4.78 is 23.2. The van der Waals surface area contributed by atoms with Crippen LogP contribution in [0.2, 0.25) is 5.02 Å². The Morgan fingerprint density at radius 2 is 1.67 bits per heavy atom. The molecule has 2 aromatic carbocycles. The van der Waals surface area contributed by atoms with Crippen molar-refractivity contribution in [1.82, 2.24) is 9.97 Å². The SMILES string of the molecule is Cc1nc(Sc2ccc(Cl)cc2)c(-c2ccc(S(C)(=O)=O)cc2)[nH]1. The molecule has 0 fully saturated rings. The van der Waals surface area contributed by atoms with Crippen molar-refractivity contribution in [2.75, 3.05) is 6.26 Å². The zero-order chi connectivity index (χ0) is 17.3. The van der Waals surface area contributed by atoms with Crippen LogP contribution in [0.5, 0.6) is 0 Å². The summed E-state index contributed by atoms with van der Waals surface area (Å²) in [6.07, 6.45) is 1.20. The van der Waals surface area contributed by atoms with Crippen molar-refractivity contribution in [2.24, 2.45) is 0 Å². The van der Waals surface area contributed by atoms with E-state index in [4.69, 9.17) is 11.6 Å². The Kier molecular flexibility index (Phi) is 4.71. The van der Waals surface area contributed by atoms with Crippen molar-refractivity contribution in [3.05, 3.63) is 59.4 Å². The molecule has 1 aromatic heterocycles. The molecule has 0 radical (unpaired) electrons. The Bertz CT molecular complexity index is 963. The summed E-state index contributed by atoms with van der Waals surface area (Å²) >= 11 is 7.45. The van der Waals surface area contributed by atoms with Crippen LogP contribution in [0.25, 0.3) is 11.3 Å². The van der Waals surface area contributed by atoms with Gasteiger partial charge in [-0.3, -0.25) is 0 Å². The molecule has 0 aliphatic rings. The van der Waals surface area contributed by atoms with Crippen LogP contribution in [0.3, 0.4) is 0 Å². The molecule has 0 bridgehead atoms. The van der Waals surface area contributed by atoms with Crippen LogP contribution in [-0.4, -0.2) is 24.6 Å². The Labute approximate surface area is 150 Å². The fourth-order valence-electron chi connectivity index (χ4n) is 2.22. The highest BCUT2D eigenvalue weighted by atomic mass is 35.5. The summed E-state index contributed by atoms with van der Waals surface area (Å²) in [6.45, 7) is 1.89. The highest BCUT2D eigenvalue weighted by molar-refractivity contribution is 7.99. The van der Waals surface area contributed by atoms with Crippen LogP contribution in [-0.2, 0) is 9.84 Å². The first kappa shape index (κ1) is 17.1. The van der Waals surface area contributed by atoms with Gasteiger partial charge in [-0.15, -0.1) is 0 Å². The van der Waals surface area contributed by atoms with Gasteiger partial charge in [0.15, 0.2) is 9.84 Å². The molecule has 0 atom stereocenters. The number of halogens is 1. The van der Waals surface area contributed by atoms with Crippen molar-refractivity contribution in [2.45, 2.75) is 21.7 Å². The molecule has 3 rings (SSSR count). The number of imidazole rings is 1. The van der Waals surface area contributed by atoms with Gasteiger partial charge in [0, 0.05) is 21.7 Å². The number of sulfone groups is 1. The predicted octanol–water partition coefficient (Wildman–Crippen LogP) is 4.59. The molecule has 1 N–H and O–H groups in total. The maximum Gasteiger partial charge on any atom is 0.175 e. The third-order valence-electron chi connectivity index (χ3n) is 3.39. The molecule has 4 nitrogen and oxygen atoms in total. The lowest BCUT2D eigenvalue weighted by Crippen LogP contribution is -1.96. The monoisotopic (exact) mass is 378 g/mol. The summed E-state index contributed by atoms with van der Waals surface area (Å²) in [5.41, 5.74) is 1.76. The van der Waals surface area contributed by atoms with Gasteiger partial charge in [0.1, 0.15) is 10.9 Å². The van der Waals surface area contributed by atoms with E-state index < -0.39 is 9.84 Å². The predicted molar refractivity (Wildman–Crippen MR) is 97.4 cm³/mol. The summed E-state index contributed by atoms with van der Waals surface area (Å²) in [7, 11) is -3.20. The number of nitrogens with zero attached hydrogens (tertiary/aromatic N) is 1. The third-order valence-corrected chi connectivity index (χ3v) is 5.77. The number of nitrogens with one attached hydrogen (secondary N) is 1.